The highest BCUT2D eigenvalue weighted by Gasteiger charge is 2.21. The summed E-state index contributed by atoms with van der Waals surface area (Å²) in [4.78, 5) is 22.4. The molecule has 2 atom stereocenters. The molecule has 18 heavy (non-hydrogen) atoms. The van der Waals surface area contributed by atoms with Gasteiger partial charge in [-0.1, -0.05) is 23.7 Å². The third-order valence-corrected chi connectivity index (χ3v) is 2.63. The summed E-state index contributed by atoms with van der Waals surface area (Å²) in [7, 11) is 0. The molecule has 1 rings (SSSR count). The molecule has 0 heterocycles. The molecule has 0 unspecified atom stereocenters. The van der Waals surface area contributed by atoms with E-state index in [1.165, 1.54) is 6.92 Å². The lowest BCUT2D eigenvalue weighted by atomic mass is 10.1. The van der Waals surface area contributed by atoms with Crippen LogP contribution >= 0.6 is 11.6 Å². The van der Waals surface area contributed by atoms with Crippen molar-refractivity contribution < 1.29 is 14.7 Å². The van der Waals surface area contributed by atoms with E-state index in [1.807, 2.05) is 0 Å². The van der Waals surface area contributed by atoms with Crippen LogP contribution in [0.15, 0.2) is 24.3 Å². The molecule has 0 saturated carbocycles. The Balaban J connectivity index is 2.72. The predicted octanol–water partition coefficient (Wildman–Crippen LogP) is 0.799. The Morgan fingerprint density at radius 1 is 1.39 bits per heavy atom. The highest BCUT2D eigenvalue weighted by molar-refractivity contribution is 6.30. The van der Waals surface area contributed by atoms with Gasteiger partial charge in [0.2, 0.25) is 5.91 Å². The number of hydrogen-bond acceptors (Lipinski definition) is 3. The third kappa shape index (κ3) is 4.35. The summed E-state index contributed by atoms with van der Waals surface area (Å²) in [6, 6.07) is 5.04. The molecule has 0 bridgehead atoms. The Kier molecular flexibility index (Phi) is 5.12. The molecule has 0 aliphatic heterocycles. The molecule has 0 aromatic heterocycles. The van der Waals surface area contributed by atoms with Crippen LogP contribution in [0.4, 0.5) is 0 Å². The van der Waals surface area contributed by atoms with E-state index in [4.69, 9.17) is 22.4 Å². The first-order valence-corrected chi connectivity index (χ1v) is 5.81. The Bertz CT molecular complexity index is 431. The number of carboxylic acid groups (broad SMARTS) is 1. The largest absolute Gasteiger partial charge is 0.480 e. The maximum Gasteiger partial charge on any atom is 0.326 e. The molecule has 0 fully saturated rings. The molecular formula is C12H15ClN2O3. The quantitative estimate of drug-likeness (QED) is 0.738. The topological polar surface area (TPSA) is 92.4 Å². The zero-order valence-corrected chi connectivity index (χ0v) is 10.6. The first-order valence-electron chi connectivity index (χ1n) is 5.43. The smallest absolute Gasteiger partial charge is 0.326 e. The van der Waals surface area contributed by atoms with Crippen molar-refractivity contribution in [2.24, 2.45) is 5.73 Å². The number of nitrogens with one attached hydrogen (secondary N) is 1. The lowest BCUT2D eigenvalue weighted by molar-refractivity contribution is -0.141. The molecule has 0 radical (unpaired) electrons. The molecule has 6 heteroatoms. The van der Waals surface area contributed by atoms with E-state index in [2.05, 4.69) is 5.32 Å². The van der Waals surface area contributed by atoms with Crippen molar-refractivity contribution in [3.05, 3.63) is 34.9 Å². The van der Waals surface area contributed by atoms with Gasteiger partial charge >= 0.3 is 5.97 Å². The molecule has 0 saturated heterocycles. The molecular weight excluding hydrogens is 256 g/mol. The van der Waals surface area contributed by atoms with E-state index < -0.39 is 24.0 Å². The lowest BCUT2D eigenvalue weighted by Gasteiger charge is -2.16. The van der Waals surface area contributed by atoms with Crippen molar-refractivity contribution in [3.8, 4) is 0 Å². The Labute approximate surface area is 110 Å². The number of hydrogen-bond donors (Lipinski definition) is 3. The van der Waals surface area contributed by atoms with Gasteiger partial charge in [0.25, 0.3) is 0 Å². The summed E-state index contributed by atoms with van der Waals surface area (Å²) < 4.78 is 0. The second kappa shape index (κ2) is 6.37. The third-order valence-electron chi connectivity index (χ3n) is 2.38. The summed E-state index contributed by atoms with van der Waals surface area (Å²) in [6.45, 7) is 1.50. The van der Waals surface area contributed by atoms with Gasteiger partial charge in [-0.3, -0.25) is 4.79 Å². The average molecular weight is 271 g/mol. The van der Waals surface area contributed by atoms with Gasteiger partial charge in [-0.25, -0.2) is 4.79 Å². The van der Waals surface area contributed by atoms with Crippen LogP contribution in [-0.2, 0) is 16.0 Å². The van der Waals surface area contributed by atoms with Gasteiger partial charge in [-0.05, 0) is 24.6 Å². The minimum Gasteiger partial charge on any atom is -0.480 e. The van der Waals surface area contributed by atoms with Crippen LogP contribution in [0.3, 0.4) is 0 Å². The van der Waals surface area contributed by atoms with E-state index in [9.17, 15) is 9.59 Å². The van der Waals surface area contributed by atoms with Gasteiger partial charge in [0, 0.05) is 11.4 Å². The van der Waals surface area contributed by atoms with Crippen molar-refractivity contribution >= 4 is 23.5 Å². The zero-order chi connectivity index (χ0) is 13.7. The minimum absolute atomic E-state index is 0.185. The first kappa shape index (κ1) is 14.5. The van der Waals surface area contributed by atoms with Gasteiger partial charge in [-0.15, -0.1) is 0 Å². The van der Waals surface area contributed by atoms with Gasteiger partial charge in [0.05, 0.1) is 6.04 Å². The van der Waals surface area contributed by atoms with Crippen LogP contribution in [0.1, 0.15) is 12.5 Å². The summed E-state index contributed by atoms with van der Waals surface area (Å²) in [5.41, 5.74) is 6.15. The van der Waals surface area contributed by atoms with Crippen LogP contribution in [0, 0.1) is 0 Å². The van der Waals surface area contributed by atoms with Gasteiger partial charge in [0.1, 0.15) is 6.04 Å². The molecule has 0 aliphatic rings. The number of carbonyl (C=O) groups is 2. The van der Waals surface area contributed by atoms with E-state index in [0.29, 0.717) is 5.02 Å². The maximum atomic E-state index is 11.4. The molecule has 0 spiro atoms. The number of rotatable bonds is 5. The number of nitrogens with two attached hydrogens (primary N) is 1. The monoisotopic (exact) mass is 270 g/mol. The average Bonchev–Trinajstić information content (AvgIpc) is 2.30. The number of carbonyl (C=O) groups excluding carboxylic acids is 1. The second-order valence-electron chi connectivity index (χ2n) is 4.02. The van der Waals surface area contributed by atoms with Crippen molar-refractivity contribution in [1.82, 2.24) is 5.32 Å². The zero-order valence-electron chi connectivity index (χ0n) is 9.89. The van der Waals surface area contributed by atoms with Crippen LogP contribution < -0.4 is 11.1 Å². The van der Waals surface area contributed by atoms with E-state index in [-0.39, 0.29) is 6.42 Å². The number of halogens is 1. The minimum atomic E-state index is -1.10. The summed E-state index contributed by atoms with van der Waals surface area (Å²) in [5, 5.41) is 12.0. The fraction of sp³-hybridized carbons (Fsp3) is 0.333. The standard InChI is InChI=1S/C12H15ClN2O3/c1-7(14)11(16)15-10(12(17)18)6-8-2-4-9(13)5-3-8/h2-5,7,10H,6,14H2,1H3,(H,15,16)(H,17,18)/t7-,10-/m0/s1. The Morgan fingerprint density at radius 2 is 1.94 bits per heavy atom. The van der Waals surface area contributed by atoms with E-state index >= 15 is 0 Å². The van der Waals surface area contributed by atoms with E-state index in [0.717, 1.165) is 5.56 Å². The fourth-order valence-corrected chi connectivity index (χ4v) is 1.49. The van der Waals surface area contributed by atoms with Gasteiger partial charge in [0.15, 0.2) is 0 Å². The summed E-state index contributed by atoms with van der Waals surface area (Å²) in [6.07, 6.45) is 0.185. The fourth-order valence-electron chi connectivity index (χ4n) is 1.36. The number of aliphatic carboxylic acids is 1. The van der Waals surface area contributed by atoms with Gasteiger partial charge < -0.3 is 16.2 Å². The molecule has 4 N–H and O–H groups in total. The van der Waals surface area contributed by atoms with E-state index in [1.54, 1.807) is 24.3 Å². The molecule has 98 valence electrons. The Hall–Kier alpha value is -1.59. The molecule has 1 amide bonds. The molecule has 0 aliphatic carbocycles. The van der Waals surface area contributed by atoms with Crippen molar-refractivity contribution in [2.75, 3.05) is 0 Å². The van der Waals surface area contributed by atoms with Crippen molar-refractivity contribution in [1.29, 1.82) is 0 Å². The number of carboxylic acids is 1. The van der Waals surface area contributed by atoms with Crippen LogP contribution in [-0.4, -0.2) is 29.1 Å². The highest BCUT2D eigenvalue weighted by Crippen LogP contribution is 2.11. The van der Waals surface area contributed by atoms with Crippen LogP contribution in [0.5, 0.6) is 0 Å². The highest BCUT2D eigenvalue weighted by atomic mass is 35.5. The SMILES string of the molecule is C[C@H](N)C(=O)N[C@@H](Cc1ccc(Cl)cc1)C(=O)O. The summed E-state index contributed by atoms with van der Waals surface area (Å²) in [5.74, 6) is -1.59. The predicted molar refractivity (Wildman–Crippen MR) is 68.4 cm³/mol. The lowest BCUT2D eigenvalue weighted by Crippen LogP contribution is -2.48. The maximum absolute atomic E-state index is 11.4. The second-order valence-corrected chi connectivity index (χ2v) is 4.46. The van der Waals surface area contributed by atoms with Crippen molar-refractivity contribution in [3.63, 3.8) is 0 Å². The van der Waals surface area contributed by atoms with Crippen LogP contribution in [0.2, 0.25) is 5.02 Å². The normalized spacial score (nSPS) is 13.7. The first-order chi connectivity index (χ1) is 8.40. The number of benzene rings is 1. The Morgan fingerprint density at radius 3 is 2.39 bits per heavy atom. The summed E-state index contributed by atoms with van der Waals surface area (Å²) >= 11 is 5.73. The van der Waals surface area contributed by atoms with Crippen molar-refractivity contribution in [2.45, 2.75) is 25.4 Å². The molecule has 1 aromatic rings. The van der Waals surface area contributed by atoms with Gasteiger partial charge in [-0.2, -0.15) is 0 Å². The molecule has 1 aromatic carbocycles. The number of amides is 1. The molecule has 5 nitrogen and oxygen atoms in total. The van der Waals surface area contributed by atoms with Crippen LogP contribution in [0.25, 0.3) is 0 Å².